The molecule has 0 atom stereocenters. The first-order valence-corrected chi connectivity index (χ1v) is 6.18. The molecule has 2 aromatic rings. The van der Waals surface area contributed by atoms with Gasteiger partial charge in [-0.3, -0.25) is 14.9 Å². The summed E-state index contributed by atoms with van der Waals surface area (Å²) in [7, 11) is 0. The van der Waals surface area contributed by atoms with Crippen molar-refractivity contribution < 1.29 is 18.8 Å². The number of benzene rings is 2. The summed E-state index contributed by atoms with van der Waals surface area (Å²) in [5.41, 5.74) is 0.528. The summed E-state index contributed by atoms with van der Waals surface area (Å²) < 4.78 is 18.2. The average molecular weight is 289 g/mol. The SMILES string of the molecule is O=C(Cc1ccc(F)c([N+](=O)[O-])c1)OCc1ccccc1. The van der Waals surface area contributed by atoms with E-state index in [0.717, 1.165) is 17.7 Å². The van der Waals surface area contributed by atoms with Gasteiger partial charge < -0.3 is 4.74 Å². The van der Waals surface area contributed by atoms with E-state index in [4.69, 9.17) is 4.74 Å². The molecule has 6 heteroatoms. The largest absolute Gasteiger partial charge is 0.461 e. The van der Waals surface area contributed by atoms with Crippen molar-refractivity contribution in [2.45, 2.75) is 13.0 Å². The van der Waals surface area contributed by atoms with E-state index in [0.29, 0.717) is 5.56 Å². The first-order chi connectivity index (χ1) is 10.1. The van der Waals surface area contributed by atoms with E-state index < -0.39 is 22.4 Å². The monoisotopic (exact) mass is 289 g/mol. The Labute approximate surface area is 120 Å². The van der Waals surface area contributed by atoms with Crippen LogP contribution in [-0.4, -0.2) is 10.9 Å². The van der Waals surface area contributed by atoms with E-state index in [2.05, 4.69) is 0 Å². The first kappa shape index (κ1) is 14.6. The van der Waals surface area contributed by atoms with Crippen LogP contribution in [0, 0.1) is 15.9 Å². The van der Waals surface area contributed by atoms with Crippen LogP contribution < -0.4 is 0 Å². The Hall–Kier alpha value is -2.76. The summed E-state index contributed by atoms with van der Waals surface area (Å²) >= 11 is 0. The molecule has 0 aliphatic heterocycles. The number of nitrogens with zero attached hydrogens (tertiary/aromatic N) is 1. The van der Waals surface area contributed by atoms with Crippen LogP contribution in [0.1, 0.15) is 11.1 Å². The molecule has 0 aliphatic rings. The first-order valence-electron chi connectivity index (χ1n) is 6.18. The molecule has 5 nitrogen and oxygen atoms in total. The highest BCUT2D eigenvalue weighted by Crippen LogP contribution is 2.19. The zero-order chi connectivity index (χ0) is 15.2. The fourth-order valence-electron chi connectivity index (χ4n) is 1.76. The van der Waals surface area contributed by atoms with Gasteiger partial charge in [0, 0.05) is 6.07 Å². The number of esters is 1. The summed E-state index contributed by atoms with van der Waals surface area (Å²) in [6.07, 6.45) is -0.145. The molecule has 0 bridgehead atoms. The molecule has 2 aromatic carbocycles. The van der Waals surface area contributed by atoms with Crippen LogP contribution in [0.15, 0.2) is 48.5 Å². The Morgan fingerprint density at radius 1 is 1.14 bits per heavy atom. The molecule has 0 radical (unpaired) electrons. The van der Waals surface area contributed by atoms with Crippen LogP contribution in [0.4, 0.5) is 10.1 Å². The van der Waals surface area contributed by atoms with E-state index in [1.807, 2.05) is 30.3 Å². The second kappa shape index (κ2) is 6.60. The quantitative estimate of drug-likeness (QED) is 0.482. The van der Waals surface area contributed by atoms with Crippen molar-refractivity contribution in [2.75, 3.05) is 0 Å². The van der Waals surface area contributed by atoms with Crippen molar-refractivity contribution in [2.24, 2.45) is 0 Å². The molecule has 0 heterocycles. The molecule has 108 valence electrons. The van der Waals surface area contributed by atoms with Gasteiger partial charge in [-0.05, 0) is 17.2 Å². The molecule has 0 saturated carbocycles. The fourth-order valence-corrected chi connectivity index (χ4v) is 1.76. The van der Waals surface area contributed by atoms with E-state index >= 15 is 0 Å². The van der Waals surface area contributed by atoms with Gasteiger partial charge in [0.2, 0.25) is 5.82 Å². The van der Waals surface area contributed by atoms with Crippen LogP contribution in [0.25, 0.3) is 0 Å². The van der Waals surface area contributed by atoms with E-state index in [-0.39, 0.29) is 13.0 Å². The number of carbonyl (C=O) groups is 1. The number of rotatable bonds is 5. The summed E-state index contributed by atoms with van der Waals surface area (Å²) in [5.74, 6) is -1.46. The lowest BCUT2D eigenvalue weighted by atomic mass is 10.1. The molecule has 0 saturated heterocycles. The van der Waals surface area contributed by atoms with E-state index in [1.54, 1.807) is 0 Å². The number of nitro benzene ring substituents is 1. The molecular weight excluding hydrogens is 277 g/mol. The number of ether oxygens (including phenoxy) is 1. The van der Waals surface area contributed by atoms with E-state index in [1.165, 1.54) is 6.07 Å². The maximum atomic E-state index is 13.2. The molecule has 0 aliphatic carbocycles. The topological polar surface area (TPSA) is 69.4 Å². The fraction of sp³-hybridized carbons (Fsp3) is 0.133. The highest BCUT2D eigenvalue weighted by atomic mass is 19.1. The Balaban J connectivity index is 1.97. The number of nitro groups is 1. The zero-order valence-electron chi connectivity index (χ0n) is 11.0. The second-order valence-electron chi connectivity index (χ2n) is 4.37. The minimum Gasteiger partial charge on any atom is -0.461 e. The number of hydrogen-bond acceptors (Lipinski definition) is 4. The zero-order valence-corrected chi connectivity index (χ0v) is 11.0. The third-order valence-corrected chi connectivity index (χ3v) is 2.80. The Morgan fingerprint density at radius 2 is 1.86 bits per heavy atom. The minimum absolute atomic E-state index is 0.128. The molecular formula is C15H12FNO4. The Kier molecular flexibility index (Phi) is 4.61. The molecule has 0 N–H and O–H groups in total. The van der Waals surface area contributed by atoms with Gasteiger partial charge >= 0.3 is 11.7 Å². The standard InChI is InChI=1S/C15H12FNO4/c16-13-7-6-12(8-14(13)17(19)20)9-15(18)21-10-11-4-2-1-3-5-11/h1-8H,9-10H2. The molecule has 0 amide bonds. The van der Waals surface area contributed by atoms with Gasteiger partial charge in [0.15, 0.2) is 0 Å². The van der Waals surface area contributed by atoms with Crippen LogP contribution in [0.2, 0.25) is 0 Å². The number of hydrogen-bond donors (Lipinski definition) is 0. The maximum absolute atomic E-state index is 13.2. The number of halogens is 1. The molecule has 0 spiro atoms. The Bertz CT molecular complexity index is 658. The molecule has 0 aromatic heterocycles. The van der Waals surface area contributed by atoms with Crippen LogP contribution in [0.5, 0.6) is 0 Å². The van der Waals surface area contributed by atoms with E-state index in [9.17, 15) is 19.3 Å². The van der Waals surface area contributed by atoms with Crippen molar-refractivity contribution in [3.8, 4) is 0 Å². The lowest BCUT2D eigenvalue weighted by molar-refractivity contribution is -0.387. The van der Waals surface area contributed by atoms with Crippen molar-refractivity contribution >= 4 is 11.7 Å². The van der Waals surface area contributed by atoms with Gasteiger partial charge in [-0.2, -0.15) is 4.39 Å². The van der Waals surface area contributed by atoms with Gasteiger partial charge in [-0.25, -0.2) is 0 Å². The van der Waals surface area contributed by atoms with Gasteiger partial charge in [-0.1, -0.05) is 36.4 Å². The smallest absolute Gasteiger partial charge is 0.310 e. The Morgan fingerprint density at radius 3 is 2.52 bits per heavy atom. The lowest BCUT2D eigenvalue weighted by Gasteiger charge is -2.05. The van der Waals surface area contributed by atoms with Crippen molar-refractivity contribution in [3.63, 3.8) is 0 Å². The van der Waals surface area contributed by atoms with Crippen molar-refractivity contribution in [3.05, 3.63) is 75.6 Å². The van der Waals surface area contributed by atoms with Crippen LogP contribution in [-0.2, 0) is 22.6 Å². The van der Waals surface area contributed by atoms with Gasteiger partial charge in [0.25, 0.3) is 0 Å². The predicted molar refractivity (Wildman–Crippen MR) is 73.0 cm³/mol. The normalized spacial score (nSPS) is 10.1. The minimum atomic E-state index is -0.929. The number of carbonyl (C=O) groups excluding carboxylic acids is 1. The summed E-state index contributed by atoms with van der Waals surface area (Å²) in [6, 6.07) is 12.5. The summed E-state index contributed by atoms with van der Waals surface area (Å²) in [4.78, 5) is 21.5. The molecule has 0 unspecified atom stereocenters. The van der Waals surface area contributed by atoms with Gasteiger partial charge in [0.1, 0.15) is 6.61 Å². The third kappa shape index (κ3) is 4.10. The second-order valence-corrected chi connectivity index (χ2v) is 4.37. The highest BCUT2D eigenvalue weighted by Gasteiger charge is 2.16. The third-order valence-electron chi connectivity index (χ3n) is 2.80. The summed E-state index contributed by atoms with van der Waals surface area (Å²) in [6.45, 7) is 0.128. The van der Waals surface area contributed by atoms with Crippen molar-refractivity contribution in [1.29, 1.82) is 0 Å². The predicted octanol–water partition coefficient (Wildman–Crippen LogP) is 3.02. The lowest BCUT2D eigenvalue weighted by Crippen LogP contribution is -2.08. The molecule has 21 heavy (non-hydrogen) atoms. The highest BCUT2D eigenvalue weighted by molar-refractivity contribution is 5.72. The molecule has 2 rings (SSSR count). The van der Waals surface area contributed by atoms with Gasteiger partial charge in [0.05, 0.1) is 11.3 Å². The van der Waals surface area contributed by atoms with Crippen LogP contribution in [0.3, 0.4) is 0 Å². The molecule has 0 fully saturated rings. The average Bonchev–Trinajstić information content (AvgIpc) is 2.48. The maximum Gasteiger partial charge on any atom is 0.310 e. The van der Waals surface area contributed by atoms with Crippen molar-refractivity contribution in [1.82, 2.24) is 0 Å². The van der Waals surface area contributed by atoms with Gasteiger partial charge in [-0.15, -0.1) is 0 Å². The summed E-state index contributed by atoms with van der Waals surface area (Å²) in [5, 5.41) is 10.6. The van der Waals surface area contributed by atoms with Crippen LogP contribution >= 0.6 is 0 Å².